The first-order chi connectivity index (χ1) is 8.90. The minimum absolute atomic E-state index is 0.248. The fraction of sp³-hybridized carbons (Fsp3) is 0.214. The van der Waals surface area contributed by atoms with Gasteiger partial charge in [0.25, 0.3) is 0 Å². The van der Waals surface area contributed by atoms with Crippen LogP contribution >= 0.6 is 34.8 Å². The van der Waals surface area contributed by atoms with Crippen LogP contribution in [0.3, 0.4) is 0 Å². The van der Waals surface area contributed by atoms with E-state index < -0.39 is 0 Å². The van der Waals surface area contributed by atoms with Crippen LogP contribution in [0, 0.1) is 13.8 Å². The van der Waals surface area contributed by atoms with E-state index >= 15 is 0 Å². The zero-order chi connectivity index (χ0) is 14.2. The Morgan fingerprint density at radius 1 is 1.00 bits per heavy atom. The van der Waals surface area contributed by atoms with Crippen molar-refractivity contribution in [2.75, 3.05) is 11.9 Å². The molecule has 19 heavy (non-hydrogen) atoms. The third-order valence-corrected chi connectivity index (χ3v) is 3.85. The molecule has 0 unspecified atom stereocenters. The zero-order valence-corrected chi connectivity index (χ0v) is 13.1. The molecule has 100 valence electrons. The third kappa shape index (κ3) is 2.97. The Hall–Kier alpha value is -0.960. The summed E-state index contributed by atoms with van der Waals surface area (Å²) in [6.45, 7) is 4.10. The Labute approximate surface area is 127 Å². The second-order valence-electron chi connectivity index (χ2n) is 4.42. The minimum Gasteiger partial charge on any atom is -0.328 e. The maximum absolute atomic E-state index is 6.18. The van der Waals surface area contributed by atoms with Gasteiger partial charge in [0.05, 0.1) is 10.0 Å². The quantitative estimate of drug-likeness (QED) is 0.687. The number of rotatable bonds is 2. The van der Waals surface area contributed by atoms with Gasteiger partial charge in [-0.05, 0) is 31.5 Å². The Balaban J connectivity index is 2.49. The number of halogens is 3. The van der Waals surface area contributed by atoms with Crippen molar-refractivity contribution in [1.29, 1.82) is 0 Å². The minimum atomic E-state index is 0.248. The van der Waals surface area contributed by atoms with E-state index in [0.29, 0.717) is 15.9 Å². The molecule has 0 radical (unpaired) electrons. The predicted molar refractivity (Wildman–Crippen MR) is 83.2 cm³/mol. The Kier molecular flexibility index (Phi) is 4.24. The van der Waals surface area contributed by atoms with Crippen molar-refractivity contribution in [2.24, 2.45) is 0 Å². The van der Waals surface area contributed by atoms with Gasteiger partial charge >= 0.3 is 0 Å². The van der Waals surface area contributed by atoms with Crippen molar-refractivity contribution in [3.8, 4) is 0 Å². The molecule has 0 N–H and O–H groups in total. The molecule has 0 spiro atoms. The van der Waals surface area contributed by atoms with Crippen molar-refractivity contribution in [2.45, 2.75) is 13.8 Å². The molecule has 0 saturated heterocycles. The van der Waals surface area contributed by atoms with Crippen LogP contribution in [0.1, 0.15) is 11.1 Å². The van der Waals surface area contributed by atoms with Crippen LogP contribution < -0.4 is 4.90 Å². The fourth-order valence-electron chi connectivity index (χ4n) is 1.97. The van der Waals surface area contributed by atoms with Crippen LogP contribution in [0.5, 0.6) is 0 Å². The number of aryl methyl sites for hydroxylation is 2. The predicted octanol–water partition coefficient (Wildman–Crippen LogP) is 5.43. The van der Waals surface area contributed by atoms with Gasteiger partial charge in [0, 0.05) is 12.7 Å². The molecule has 0 aliphatic rings. The summed E-state index contributed by atoms with van der Waals surface area (Å²) in [4.78, 5) is 6.14. The van der Waals surface area contributed by atoms with E-state index in [4.69, 9.17) is 34.8 Å². The smallest absolute Gasteiger partial charge is 0.153 e. The van der Waals surface area contributed by atoms with Crippen LogP contribution in [0.15, 0.2) is 24.3 Å². The van der Waals surface area contributed by atoms with E-state index in [-0.39, 0.29) is 5.15 Å². The largest absolute Gasteiger partial charge is 0.328 e. The number of anilines is 2. The van der Waals surface area contributed by atoms with Gasteiger partial charge in [-0.1, -0.05) is 52.5 Å². The highest BCUT2D eigenvalue weighted by Gasteiger charge is 2.14. The van der Waals surface area contributed by atoms with Gasteiger partial charge in [-0.15, -0.1) is 0 Å². The molecular formula is C14H13Cl3N2. The molecule has 1 aromatic carbocycles. The molecule has 0 saturated carbocycles. The molecule has 1 heterocycles. The molecule has 2 rings (SSSR count). The standard InChI is InChI=1S/C14H13Cl3N2/c1-8-4-5-12(9(2)6-8)19(3)14-11(16)7-10(15)13(17)18-14/h4-7H,1-3H3. The number of pyridine rings is 1. The number of nitrogens with zero attached hydrogens (tertiary/aromatic N) is 2. The Morgan fingerprint density at radius 2 is 1.68 bits per heavy atom. The second-order valence-corrected chi connectivity index (χ2v) is 5.59. The van der Waals surface area contributed by atoms with Gasteiger partial charge in [-0.3, -0.25) is 0 Å². The summed E-state index contributed by atoms with van der Waals surface area (Å²) in [5.41, 5.74) is 3.38. The summed E-state index contributed by atoms with van der Waals surface area (Å²) in [5.74, 6) is 0.586. The van der Waals surface area contributed by atoms with Crippen molar-refractivity contribution < 1.29 is 0 Å². The first-order valence-corrected chi connectivity index (χ1v) is 6.86. The summed E-state index contributed by atoms with van der Waals surface area (Å²) in [6.07, 6.45) is 0. The number of hydrogen-bond acceptors (Lipinski definition) is 2. The molecule has 0 aliphatic carbocycles. The molecule has 0 amide bonds. The molecule has 0 atom stereocenters. The van der Waals surface area contributed by atoms with Crippen molar-refractivity contribution >= 4 is 46.3 Å². The Bertz CT molecular complexity index is 626. The summed E-state index contributed by atoms with van der Waals surface area (Å²) in [7, 11) is 1.90. The molecule has 5 heteroatoms. The van der Waals surface area contributed by atoms with Gasteiger partial charge in [-0.2, -0.15) is 0 Å². The van der Waals surface area contributed by atoms with Crippen LogP contribution in [-0.4, -0.2) is 12.0 Å². The molecule has 0 aliphatic heterocycles. The monoisotopic (exact) mass is 314 g/mol. The first kappa shape index (κ1) is 14.4. The lowest BCUT2D eigenvalue weighted by atomic mass is 10.1. The average molecular weight is 316 g/mol. The highest BCUT2D eigenvalue weighted by Crippen LogP contribution is 2.35. The summed E-state index contributed by atoms with van der Waals surface area (Å²) >= 11 is 18.0. The maximum atomic E-state index is 6.18. The van der Waals surface area contributed by atoms with Crippen LogP contribution in [0.4, 0.5) is 11.5 Å². The van der Waals surface area contributed by atoms with E-state index in [1.165, 1.54) is 5.56 Å². The molecule has 0 fully saturated rings. The molecule has 1 aromatic heterocycles. The average Bonchev–Trinajstić information content (AvgIpc) is 2.33. The van der Waals surface area contributed by atoms with Crippen LogP contribution in [0.25, 0.3) is 0 Å². The van der Waals surface area contributed by atoms with Crippen molar-refractivity contribution in [3.63, 3.8) is 0 Å². The van der Waals surface area contributed by atoms with Gasteiger partial charge in [0.2, 0.25) is 0 Å². The van der Waals surface area contributed by atoms with Gasteiger partial charge in [-0.25, -0.2) is 4.98 Å². The number of aromatic nitrogens is 1. The van der Waals surface area contributed by atoms with E-state index in [1.54, 1.807) is 6.07 Å². The van der Waals surface area contributed by atoms with E-state index in [2.05, 4.69) is 18.0 Å². The van der Waals surface area contributed by atoms with Gasteiger partial charge < -0.3 is 4.90 Å². The van der Waals surface area contributed by atoms with Crippen molar-refractivity contribution in [1.82, 2.24) is 4.98 Å². The second kappa shape index (κ2) is 5.58. The van der Waals surface area contributed by atoms with Gasteiger partial charge in [0.1, 0.15) is 5.15 Å². The van der Waals surface area contributed by atoms with Gasteiger partial charge in [0.15, 0.2) is 5.82 Å². The van der Waals surface area contributed by atoms with E-state index in [9.17, 15) is 0 Å². The summed E-state index contributed by atoms with van der Waals surface area (Å²) < 4.78 is 0. The van der Waals surface area contributed by atoms with E-state index in [0.717, 1.165) is 11.3 Å². The highest BCUT2D eigenvalue weighted by atomic mass is 35.5. The summed E-state index contributed by atoms with van der Waals surface area (Å²) in [5, 5.41) is 1.07. The molecule has 0 bridgehead atoms. The topological polar surface area (TPSA) is 16.1 Å². The Morgan fingerprint density at radius 3 is 2.32 bits per heavy atom. The molecule has 2 aromatic rings. The third-order valence-electron chi connectivity index (χ3n) is 2.90. The lowest BCUT2D eigenvalue weighted by Crippen LogP contribution is -2.13. The first-order valence-electron chi connectivity index (χ1n) is 5.72. The highest BCUT2D eigenvalue weighted by molar-refractivity contribution is 6.43. The van der Waals surface area contributed by atoms with Crippen molar-refractivity contribution in [3.05, 3.63) is 50.6 Å². The zero-order valence-electron chi connectivity index (χ0n) is 10.8. The summed E-state index contributed by atoms with van der Waals surface area (Å²) in [6, 6.07) is 7.79. The molecule has 2 nitrogen and oxygen atoms in total. The SMILES string of the molecule is Cc1ccc(N(C)c2nc(Cl)c(Cl)cc2Cl)c(C)c1. The number of benzene rings is 1. The molecular weight excluding hydrogens is 303 g/mol. The van der Waals surface area contributed by atoms with E-state index in [1.807, 2.05) is 31.0 Å². The normalized spacial score (nSPS) is 10.6. The van der Waals surface area contributed by atoms with Crippen LogP contribution in [-0.2, 0) is 0 Å². The lowest BCUT2D eigenvalue weighted by molar-refractivity contribution is 1.11. The maximum Gasteiger partial charge on any atom is 0.153 e. The fourth-order valence-corrected chi connectivity index (χ4v) is 2.59. The number of hydrogen-bond donors (Lipinski definition) is 0. The lowest BCUT2D eigenvalue weighted by Gasteiger charge is -2.22. The van der Waals surface area contributed by atoms with Crippen LogP contribution in [0.2, 0.25) is 15.2 Å².